The number of aromatic hydroxyl groups is 1. The van der Waals surface area contributed by atoms with E-state index in [-0.39, 0.29) is 35.1 Å². The van der Waals surface area contributed by atoms with Crippen molar-refractivity contribution in [2.45, 2.75) is 26.4 Å². The largest absolute Gasteiger partial charge is 0.507 e. The Morgan fingerprint density at radius 2 is 2.16 bits per heavy atom. The first-order valence-electron chi connectivity index (χ1n) is 10.4. The number of rotatable bonds is 6. The third-order valence-electron chi connectivity index (χ3n) is 3.59. The molecule has 0 aliphatic carbocycles. The topological polar surface area (TPSA) is 77.2 Å². The zero-order chi connectivity index (χ0) is 22.8. The smallest absolute Gasteiger partial charge is 0.157 e. The molecule has 1 N–H and O–H groups in total. The Labute approximate surface area is 154 Å². The molecule has 0 spiro atoms. The van der Waals surface area contributed by atoms with Crippen LogP contribution in [0.3, 0.4) is 0 Å². The second kappa shape index (κ2) is 7.17. The number of carbonyl (C=O) groups excluding carboxylic acids is 1. The Balaban J connectivity index is 2.00. The number of hydrogen-bond donors (Lipinski definition) is 1. The molecule has 3 aromatic rings. The van der Waals surface area contributed by atoms with E-state index in [9.17, 15) is 9.90 Å². The van der Waals surface area contributed by atoms with E-state index in [0.717, 1.165) is 4.68 Å². The van der Waals surface area contributed by atoms with Gasteiger partial charge in [-0.05, 0) is 38.0 Å². The number of nitrogens with zero attached hydrogens (tertiary/aromatic N) is 3. The van der Waals surface area contributed by atoms with Crippen LogP contribution < -0.4 is 4.74 Å². The van der Waals surface area contributed by atoms with E-state index < -0.39 is 19.7 Å². The molecule has 0 bridgehead atoms. The van der Waals surface area contributed by atoms with Crippen LogP contribution in [0.5, 0.6) is 11.5 Å². The van der Waals surface area contributed by atoms with Gasteiger partial charge in [-0.3, -0.25) is 14.5 Å². The fourth-order valence-electron chi connectivity index (χ4n) is 2.43. The molecule has 1 aromatic carbocycles. The van der Waals surface area contributed by atoms with Gasteiger partial charge in [-0.2, -0.15) is 5.10 Å². The molecule has 0 fully saturated rings. The molecule has 0 atom stereocenters. The maximum Gasteiger partial charge on any atom is 0.157 e. The molecule has 0 saturated carbocycles. The molecule has 3 rings (SSSR count). The summed E-state index contributed by atoms with van der Waals surface area (Å²) in [6.45, 7) is -5.75. The van der Waals surface area contributed by atoms with Crippen molar-refractivity contribution in [3.05, 3.63) is 59.9 Å². The SMILES string of the molecule is [2H]C([2H])([2H])C(n1nccc1-c1ncccc1COc1cccc(O)c1C=O)C([2H])([2H])[2H]. The van der Waals surface area contributed by atoms with Crippen LogP contribution in [0.15, 0.2) is 48.8 Å². The maximum absolute atomic E-state index is 11.3. The van der Waals surface area contributed by atoms with Crippen LogP contribution in [0.1, 0.15) is 43.9 Å². The fraction of sp³-hybridized carbons (Fsp3) is 0.211. The number of carbonyl (C=O) groups is 1. The molecule has 6 nitrogen and oxygen atoms in total. The highest BCUT2D eigenvalue weighted by Gasteiger charge is 2.15. The van der Waals surface area contributed by atoms with Crippen LogP contribution in [0.25, 0.3) is 11.4 Å². The first-order valence-corrected chi connectivity index (χ1v) is 7.41. The van der Waals surface area contributed by atoms with Gasteiger partial charge in [-0.1, -0.05) is 12.1 Å². The van der Waals surface area contributed by atoms with Gasteiger partial charge in [0.1, 0.15) is 18.1 Å². The van der Waals surface area contributed by atoms with E-state index in [1.807, 2.05) is 0 Å². The van der Waals surface area contributed by atoms with Gasteiger partial charge in [0, 0.05) is 32.2 Å². The van der Waals surface area contributed by atoms with Gasteiger partial charge >= 0.3 is 0 Å². The maximum atomic E-state index is 11.3. The Bertz CT molecular complexity index is 1060. The summed E-state index contributed by atoms with van der Waals surface area (Å²) in [4.78, 5) is 15.5. The third-order valence-corrected chi connectivity index (χ3v) is 3.59. The van der Waals surface area contributed by atoms with Gasteiger partial charge in [-0.25, -0.2) is 0 Å². The lowest BCUT2D eigenvalue weighted by molar-refractivity contribution is 0.111. The van der Waals surface area contributed by atoms with Gasteiger partial charge in [0.2, 0.25) is 0 Å². The van der Waals surface area contributed by atoms with E-state index in [2.05, 4.69) is 10.1 Å². The number of benzene rings is 1. The summed E-state index contributed by atoms with van der Waals surface area (Å²) in [7, 11) is 0. The second-order valence-corrected chi connectivity index (χ2v) is 5.17. The van der Waals surface area contributed by atoms with E-state index in [1.54, 1.807) is 12.1 Å². The summed E-state index contributed by atoms with van der Waals surface area (Å²) < 4.78 is 52.8. The number of pyridine rings is 1. The first kappa shape index (κ1) is 10.7. The van der Waals surface area contributed by atoms with E-state index >= 15 is 0 Å². The van der Waals surface area contributed by atoms with Gasteiger partial charge in [0.15, 0.2) is 6.29 Å². The summed E-state index contributed by atoms with van der Waals surface area (Å²) in [6.07, 6.45) is 3.25. The summed E-state index contributed by atoms with van der Waals surface area (Å²) in [5.41, 5.74) is 0.969. The van der Waals surface area contributed by atoms with Crippen molar-refractivity contribution in [1.82, 2.24) is 14.8 Å². The van der Waals surface area contributed by atoms with Crippen molar-refractivity contribution >= 4 is 6.29 Å². The van der Waals surface area contributed by atoms with Crippen molar-refractivity contribution < 1.29 is 22.9 Å². The lowest BCUT2D eigenvalue weighted by Gasteiger charge is -2.14. The molecular weight excluding hydrogens is 318 g/mol. The molecule has 0 amide bonds. The van der Waals surface area contributed by atoms with Crippen LogP contribution >= 0.6 is 0 Å². The number of hydrogen-bond acceptors (Lipinski definition) is 5. The molecule has 2 aromatic heterocycles. The third kappa shape index (κ3) is 3.38. The number of phenols is 1. The second-order valence-electron chi connectivity index (χ2n) is 5.17. The zero-order valence-electron chi connectivity index (χ0n) is 19.1. The number of aromatic nitrogens is 3. The van der Waals surface area contributed by atoms with Gasteiger partial charge in [-0.15, -0.1) is 0 Å². The average molecular weight is 343 g/mol. The Morgan fingerprint density at radius 1 is 1.28 bits per heavy atom. The number of aldehydes is 1. The van der Waals surface area contributed by atoms with Crippen LogP contribution in [-0.2, 0) is 6.61 Å². The molecule has 0 aliphatic rings. The molecule has 128 valence electrons. The minimum absolute atomic E-state index is 0.0112. The lowest BCUT2D eigenvalue weighted by Crippen LogP contribution is -2.08. The van der Waals surface area contributed by atoms with Crippen LogP contribution in [0.4, 0.5) is 0 Å². The summed E-state index contributed by atoms with van der Waals surface area (Å²) in [5, 5.41) is 13.8. The normalized spacial score (nSPS) is 15.4. The Kier molecular flexibility index (Phi) is 3.06. The average Bonchev–Trinajstić information content (AvgIpc) is 3.12. The predicted octanol–water partition coefficient (Wildman–Crippen LogP) is 3.62. The zero-order valence-corrected chi connectivity index (χ0v) is 13.1. The summed E-state index contributed by atoms with van der Waals surface area (Å²) in [6, 6.07) is 7.31. The molecule has 0 unspecified atom stereocenters. The van der Waals surface area contributed by atoms with Crippen molar-refractivity contribution in [2.24, 2.45) is 0 Å². The quantitative estimate of drug-likeness (QED) is 0.692. The fourth-order valence-corrected chi connectivity index (χ4v) is 2.43. The highest BCUT2D eigenvalue weighted by atomic mass is 16.5. The molecular formula is C19H19N3O3. The van der Waals surface area contributed by atoms with Crippen molar-refractivity contribution in [2.75, 3.05) is 0 Å². The van der Waals surface area contributed by atoms with Crippen molar-refractivity contribution in [1.29, 1.82) is 0 Å². The Morgan fingerprint density at radius 3 is 2.96 bits per heavy atom. The first-order chi connectivity index (χ1) is 14.5. The van der Waals surface area contributed by atoms with Crippen molar-refractivity contribution in [3.8, 4) is 22.9 Å². The van der Waals surface area contributed by atoms with E-state index in [4.69, 9.17) is 13.0 Å². The molecule has 25 heavy (non-hydrogen) atoms. The van der Waals surface area contributed by atoms with Crippen LogP contribution in [0, 0.1) is 0 Å². The lowest BCUT2D eigenvalue weighted by atomic mass is 10.1. The van der Waals surface area contributed by atoms with Crippen LogP contribution in [0.2, 0.25) is 0 Å². The number of ether oxygens (including phenoxy) is 1. The van der Waals surface area contributed by atoms with Crippen LogP contribution in [-0.4, -0.2) is 26.2 Å². The molecule has 0 radical (unpaired) electrons. The molecule has 0 aliphatic heterocycles. The standard InChI is InChI=1S/C19H19N3O3/c1-13(2)22-16(8-10-21-22)19-14(5-4-9-20-19)12-25-18-7-3-6-17(24)15(18)11-23/h3-11,13,24H,12H2,1-2H3/i1D3,2D3. The minimum Gasteiger partial charge on any atom is -0.507 e. The highest BCUT2D eigenvalue weighted by molar-refractivity contribution is 5.83. The summed E-state index contributed by atoms with van der Waals surface area (Å²) >= 11 is 0. The van der Waals surface area contributed by atoms with E-state index in [0.29, 0.717) is 11.8 Å². The monoisotopic (exact) mass is 343 g/mol. The van der Waals surface area contributed by atoms with Gasteiger partial charge in [0.25, 0.3) is 0 Å². The minimum atomic E-state index is -2.84. The van der Waals surface area contributed by atoms with Gasteiger partial charge in [0.05, 0.1) is 17.0 Å². The molecule has 0 saturated heterocycles. The molecule has 2 heterocycles. The molecule has 6 heteroatoms. The van der Waals surface area contributed by atoms with E-state index in [1.165, 1.54) is 36.7 Å². The Hall–Kier alpha value is -3.15. The highest BCUT2D eigenvalue weighted by Crippen LogP contribution is 2.28. The van der Waals surface area contributed by atoms with Gasteiger partial charge < -0.3 is 9.84 Å². The number of phenolic OH excluding ortho intramolecular Hbond substituents is 1. The summed E-state index contributed by atoms with van der Waals surface area (Å²) in [5.74, 6) is -0.0728. The van der Waals surface area contributed by atoms with Crippen molar-refractivity contribution in [3.63, 3.8) is 0 Å². The predicted molar refractivity (Wildman–Crippen MR) is 93.7 cm³/mol.